The number of nitrogens with one attached hydrogen (secondary N) is 2. The van der Waals surface area contributed by atoms with E-state index in [1.165, 1.54) is 0 Å². The molecule has 1 saturated heterocycles. The van der Waals surface area contributed by atoms with Gasteiger partial charge in [-0.3, -0.25) is 14.5 Å². The standard InChI is InChI=1S/C18H25N3O4/c1-13(2)25-11-7-10-19-15(22)12-21-16(23)18(3,20-17(21)24)14-8-5-4-6-9-14/h4-6,8-9,13H,7,10-12H2,1-3H3,(H,19,22)(H,20,24)/t18-/m0/s1. The van der Waals surface area contributed by atoms with Crippen LogP contribution in [0, 0.1) is 0 Å². The number of benzene rings is 1. The second kappa shape index (κ2) is 8.11. The molecule has 1 aliphatic rings. The van der Waals surface area contributed by atoms with Gasteiger partial charge in [0.15, 0.2) is 0 Å². The van der Waals surface area contributed by atoms with Gasteiger partial charge >= 0.3 is 6.03 Å². The molecule has 2 rings (SSSR count). The molecule has 7 nitrogen and oxygen atoms in total. The lowest BCUT2D eigenvalue weighted by molar-refractivity contribution is -0.134. The lowest BCUT2D eigenvalue weighted by atomic mass is 9.92. The quantitative estimate of drug-likeness (QED) is 0.549. The number of carbonyl (C=O) groups is 3. The summed E-state index contributed by atoms with van der Waals surface area (Å²) in [5.74, 6) is -0.799. The summed E-state index contributed by atoms with van der Waals surface area (Å²) in [4.78, 5) is 37.8. The van der Waals surface area contributed by atoms with Gasteiger partial charge in [-0.05, 0) is 32.8 Å². The highest BCUT2D eigenvalue weighted by molar-refractivity contribution is 6.09. The van der Waals surface area contributed by atoms with Crippen molar-refractivity contribution in [2.24, 2.45) is 0 Å². The van der Waals surface area contributed by atoms with Gasteiger partial charge in [0.25, 0.3) is 5.91 Å². The molecule has 1 aromatic rings. The Balaban J connectivity index is 1.89. The average Bonchev–Trinajstić information content (AvgIpc) is 2.79. The Morgan fingerprint density at radius 2 is 1.96 bits per heavy atom. The molecule has 1 heterocycles. The zero-order chi connectivity index (χ0) is 18.4. The van der Waals surface area contributed by atoms with E-state index in [4.69, 9.17) is 4.74 Å². The van der Waals surface area contributed by atoms with Crippen LogP contribution in [0.4, 0.5) is 4.79 Å². The van der Waals surface area contributed by atoms with Crippen molar-refractivity contribution in [2.75, 3.05) is 19.7 Å². The van der Waals surface area contributed by atoms with Crippen molar-refractivity contribution in [3.05, 3.63) is 35.9 Å². The van der Waals surface area contributed by atoms with Crippen molar-refractivity contribution in [3.63, 3.8) is 0 Å². The van der Waals surface area contributed by atoms with Crippen LogP contribution in [0.1, 0.15) is 32.8 Å². The van der Waals surface area contributed by atoms with Crippen LogP contribution in [0.25, 0.3) is 0 Å². The van der Waals surface area contributed by atoms with Crippen LogP contribution < -0.4 is 10.6 Å². The highest BCUT2D eigenvalue weighted by atomic mass is 16.5. The number of amides is 4. The van der Waals surface area contributed by atoms with Crippen LogP contribution in [-0.2, 0) is 19.9 Å². The largest absolute Gasteiger partial charge is 0.379 e. The summed E-state index contributed by atoms with van der Waals surface area (Å²) in [6, 6.07) is 8.42. The van der Waals surface area contributed by atoms with Gasteiger partial charge in [0.2, 0.25) is 5.91 Å². The Bertz CT molecular complexity index is 632. The molecule has 136 valence electrons. The Kier molecular flexibility index (Phi) is 6.14. The molecule has 0 bridgehead atoms. The normalized spacial score (nSPS) is 20.1. The van der Waals surface area contributed by atoms with E-state index in [0.29, 0.717) is 25.1 Å². The molecule has 25 heavy (non-hydrogen) atoms. The maximum Gasteiger partial charge on any atom is 0.325 e. The summed E-state index contributed by atoms with van der Waals surface area (Å²) in [7, 11) is 0. The van der Waals surface area contributed by atoms with E-state index < -0.39 is 17.5 Å². The van der Waals surface area contributed by atoms with E-state index in [-0.39, 0.29) is 18.6 Å². The molecule has 1 fully saturated rings. The number of imide groups is 1. The van der Waals surface area contributed by atoms with Crippen molar-refractivity contribution in [2.45, 2.75) is 38.8 Å². The molecule has 0 aliphatic carbocycles. The molecule has 2 N–H and O–H groups in total. The van der Waals surface area contributed by atoms with E-state index in [9.17, 15) is 14.4 Å². The highest BCUT2D eigenvalue weighted by Crippen LogP contribution is 2.28. The molecule has 0 radical (unpaired) electrons. The zero-order valence-corrected chi connectivity index (χ0v) is 14.9. The van der Waals surface area contributed by atoms with Gasteiger partial charge in [-0.25, -0.2) is 4.79 Å². The summed E-state index contributed by atoms with van der Waals surface area (Å²) < 4.78 is 5.39. The van der Waals surface area contributed by atoms with Crippen LogP contribution in [-0.4, -0.2) is 48.5 Å². The van der Waals surface area contributed by atoms with Gasteiger partial charge in [0, 0.05) is 13.2 Å². The molecule has 0 spiro atoms. The van der Waals surface area contributed by atoms with Crippen molar-refractivity contribution in [1.82, 2.24) is 15.5 Å². The monoisotopic (exact) mass is 347 g/mol. The molecule has 7 heteroatoms. The van der Waals surface area contributed by atoms with E-state index in [2.05, 4.69) is 10.6 Å². The van der Waals surface area contributed by atoms with Crippen molar-refractivity contribution >= 4 is 17.8 Å². The number of hydrogen-bond donors (Lipinski definition) is 2. The van der Waals surface area contributed by atoms with Crippen molar-refractivity contribution in [1.29, 1.82) is 0 Å². The van der Waals surface area contributed by atoms with Gasteiger partial charge in [-0.2, -0.15) is 0 Å². The summed E-state index contributed by atoms with van der Waals surface area (Å²) in [6.07, 6.45) is 0.823. The smallest absolute Gasteiger partial charge is 0.325 e. The van der Waals surface area contributed by atoms with Gasteiger partial charge in [0.1, 0.15) is 12.1 Å². The SMILES string of the molecule is CC(C)OCCCNC(=O)CN1C(=O)N[C@@](C)(c2ccccc2)C1=O. The Hall–Kier alpha value is -2.41. The molecular formula is C18H25N3O4. The van der Waals surface area contributed by atoms with Gasteiger partial charge in [-0.1, -0.05) is 30.3 Å². The number of carbonyl (C=O) groups excluding carboxylic acids is 3. The predicted octanol–water partition coefficient (Wildman–Crippen LogP) is 1.38. The molecule has 0 aromatic heterocycles. The Morgan fingerprint density at radius 1 is 1.28 bits per heavy atom. The molecule has 1 aliphatic heterocycles. The van der Waals surface area contributed by atoms with Crippen LogP contribution in [0.5, 0.6) is 0 Å². The Morgan fingerprint density at radius 3 is 2.60 bits per heavy atom. The topological polar surface area (TPSA) is 87.7 Å². The van der Waals surface area contributed by atoms with E-state index in [1.54, 1.807) is 31.2 Å². The molecular weight excluding hydrogens is 322 g/mol. The first-order chi connectivity index (χ1) is 11.8. The molecule has 4 amide bonds. The lowest BCUT2D eigenvalue weighted by Gasteiger charge is -2.22. The van der Waals surface area contributed by atoms with Crippen molar-refractivity contribution < 1.29 is 19.1 Å². The minimum absolute atomic E-state index is 0.150. The van der Waals surface area contributed by atoms with Gasteiger partial charge in [-0.15, -0.1) is 0 Å². The summed E-state index contributed by atoms with van der Waals surface area (Å²) in [5, 5.41) is 5.38. The fourth-order valence-corrected chi connectivity index (χ4v) is 2.63. The highest BCUT2D eigenvalue weighted by Gasteiger charge is 2.49. The maximum absolute atomic E-state index is 12.7. The molecule has 0 saturated carbocycles. The zero-order valence-electron chi connectivity index (χ0n) is 14.9. The summed E-state index contributed by atoms with van der Waals surface area (Å²) >= 11 is 0. The van der Waals surface area contributed by atoms with Crippen LogP contribution in [0.15, 0.2) is 30.3 Å². The fraction of sp³-hybridized carbons (Fsp3) is 0.500. The number of nitrogens with zero attached hydrogens (tertiary/aromatic N) is 1. The van der Waals surface area contributed by atoms with Crippen LogP contribution in [0.2, 0.25) is 0 Å². The maximum atomic E-state index is 12.7. The van der Waals surface area contributed by atoms with E-state index >= 15 is 0 Å². The predicted molar refractivity (Wildman–Crippen MR) is 92.8 cm³/mol. The molecule has 1 atom stereocenters. The number of hydrogen-bond acceptors (Lipinski definition) is 4. The number of rotatable bonds is 8. The lowest BCUT2D eigenvalue weighted by Crippen LogP contribution is -2.43. The van der Waals surface area contributed by atoms with Crippen LogP contribution in [0.3, 0.4) is 0 Å². The first-order valence-electron chi connectivity index (χ1n) is 8.42. The second-order valence-electron chi connectivity index (χ2n) is 6.44. The number of ether oxygens (including phenoxy) is 1. The third-order valence-corrected chi connectivity index (χ3v) is 4.02. The van der Waals surface area contributed by atoms with Crippen LogP contribution >= 0.6 is 0 Å². The van der Waals surface area contributed by atoms with Gasteiger partial charge < -0.3 is 15.4 Å². The van der Waals surface area contributed by atoms with E-state index in [1.807, 2.05) is 19.9 Å². The minimum Gasteiger partial charge on any atom is -0.379 e. The van der Waals surface area contributed by atoms with Gasteiger partial charge in [0.05, 0.1) is 6.10 Å². The third-order valence-electron chi connectivity index (χ3n) is 4.02. The first-order valence-corrected chi connectivity index (χ1v) is 8.42. The summed E-state index contributed by atoms with van der Waals surface area (Å²) in [6.45, 7) is 6.22. The van der Waals surface area contributed by atoms with E-state index in [0.717, 1.165) is 4.90 Å². The second-order valence-corrected chi connectivity index (χ2v) is 6.44. The molecule has 1 aromatic carbocycles. The fourth-order valence-electron chi connectivity index (χ4n) is 2.63. The third kappa shape index (κ3) is 4.57. The Labute approximate surface area is 147 Å². The average molecular weight is 347 g/mol. The minimum atomic E-state index is -1.15. The molecule has 0 unspecified atom stereocenters. The summed E-state index contributed by atoms with van der Waals surface area (Å²) in [5.41, 5.74) is -0.467. The number of urea groups is 1. The van der Waals surface area contributed by atoms with Crippen molar-refractivity contribution in [3.8, 4) is 0 Å². The first kappa shape index (κ1) is 18.9.